The highest BCUT2D eigenvalue weighted by molar-refractivity contribution is 6.34. The zero-order valence-corrected chi connectivity index (χ0v) is 12.6. The lowest BCUT2D eigenvalue weighted by Crippen LogP contribution is -2.15. The largest absolute Gasteiger partial charge is 0.455 e. The van der Waals surface area contributed by atoms with Crippen LogP contribution in [0.5, 0.6) is 11.5 Å². The third-order valence-corrected chi connectivity index (χ3v) is 3.28. The van der Waals surface area contributed by atoms with Crippen molar-refractivity contribution in [3.63, 3.8) is 0 Å². The normalized spacial score (nSPS) is 11.5. The molecule has 6 heteroatoms. The maximum Gasteiger partial charge on any atom is 0.175 e. The Kier molecular flexibility index (Phi) is 4.65. The van der Waals surface area contributed by atoms with Crippen molar-refractivity contribution in [3.05, 3.63) is 52.3 Å². The molecule has 5 nitrogen and oxygen atoms in total. The lowest BCUT2D eigenvalue weighted by Gasteiger charge is -2.14. The number of oxime groups is 1. The number of halogens is 1. The number of benzene rings is 1. The van der Waals surface area contributed by atoms with Gasteiger partial charge in [0.05, 0.1) is 16.3 Å². The van der Waals surface area contributed by atoms with Gasteiger partial charge in [0.25, 0.3) is 0 Å². The van der Waals surface area contributed by atoms with Crippen molar-refractivity contribution < 1.29 is 9.94 Å². The summed E-state index contributed by atoms with van der Waals surface area (Å²) < 4.78 is 5.87. The van der Waals surface area contributed by atoms with Crippen molar-refractivity contribution in [2.45, 2.75) is 20.3 Å². The fourth-order valence-corrected chi connectivity index (χ4v) is 2.21. The molecular weight excluding hydrogens is 290 g/mol. The molecule has 21 heavy (non-hydrogen) atoms. The number of pyridine rings is 1. The van der Waals surface area contributed by atoms with Crippen LogP contribution in [0.25, 0.3) is 0 Å². The molecule has 2 aromatic rings. The first-order chi connectivity index (χ1) is 10.1. The van der Waals surface area contributed by atoms with Gasteiger partial charge in [-0.05, 0) is 37.6 Å². The predicted molar refractivity (Wildman–Crippen MR) is 82.4 cm³/mol. The quantitative estimate of drug-likeness (QED) is 0.392. The highest BCUT2D eigenvalue weighted by Gasteiger charge is 2.15. The third-order valence-electron chi connectivity index (χ3n) is 2.97. The number of hydrogen-bond donors (Lipinski definition) is 2. The molecule has 1 heterocycles. The summed E-state index contributed by atoms with van der Waals surface area (Å²) in [7, 11) is 0. The number of nitrogens with zero attached hydrogens (tertiary/aromatic N) is 2. The summed E-state index contributed by atoms with van der Waals surface area (Å²) in [5, 5.41) is 12.2. The molecule has 0 unspecified atom stereocenters. The first-order valence-corrected chi connectivity index (χ1v) is 6.85. The summed E-state index contributed by atoms with van der Waals surface area (Å²) in [6, 6.07) is 8.80. The standard InChI is InChI=1S/C15H16ClN3O2/c1-3-11-12(8-7-9(2)18-11)21-13-6-4-5-10(16)14(13)15(17)19-20/h4-8,20H,3H2,1-2H3,(H2,17,19). The van der Waals surface area contributed by atoms with Gasteiger partial charge in [-0.2, -0.15) is 0 Å². The molecule has 0 fully saturated rings. The van der Waals surface area contributed by atoms with E-state index in [4.69, 9.17) is 27.3 Å². The van der Waals surface area contributed by atoms with Crippen LogP contribution in [-0.4, -0.2) is 16.0 Å². The van der Waals surface area contributed by atoms with Gasteiger partial charge >= 0.3 is 0 Å². The number of rotatable bonds is 4. The van der Waals surface area contributed by atoms with Crippen molar-refractivity contribution in [2.75, 3.05) is 0 Å². The summed E-state index contributed by atoms with van der Waals surface area (Å²) >= 11 is 6.10. The van der Waals surface area contributed by atoms with E-state index in [2.05, 4.69) is 10.1 Å². The minimum atomic E-state index is -0.103. The van der Waals surface area contributed by atoms with Gasteiger partial charge < -0.3 is 15.7 Å². The van der Waals surface area contributed by atoms with E-state index in [1.807, 2.05) is 26.0 Å². The number of hydrogen-bond acceptors (Lipinski definition) is 4. The number of aromatic nitrogens is 1. The molecule has 0 spiro atoms. The highest BCUT2D eigenvalue weighted by Crippen LogP contribution is 2.31. The van der Waals surface area contributed by atoms with E-state index in [-0.39, 0.29) is 5.84 Å². The van der Waals surface area contributed by atoms with Crippen LogP contribution in [0, 0.1) is 6.92 Å². The van der Waals surface area contributed by atoms with E-state index < -0.39 is 0 Å². The zero-order chi connectivity index (χ0) is 15.4. The monoisotopic (exact) mass is 305 g/mol. The van der Waals surface area contributed by atoms with Crippen molar-refractivity contribution in [2.24, 2.45) is 10.9 Å². The van der Waals surface area contributed by atoms with Crippen LogP contribution in [0.2, 0.25) is 5.02 Å². The van der Waals surface area contributed by atoms with E-state index in [0.29, 0.717) is 22.1 Å². The smallest absolute Gasteiger partial charge is 0.175 e. The van der Waals surface area contributed by atoms with Gasteiger partial charge in [-0.15, -0.1) is 0 Å². The molecule has 0 aliphatic carbocycles. The second-order valence-electron chi connectivity index (χ2n) is 4.45. The summed E-state index contributed by atoms with van der Waals surface area (Å²) in [6.45, 7) is 3.92. The Morgan fingerprint density at radius 2 is 2.10 bits per heavy atom. The molecule has 0 bridgehead atoms. The molecule has 0 amide bonds. The molecule has 2 rings (SSSR count). The molecule has 3 N–H and O–H groups in total. The second-order valence-corrected chi connectivity index (χ2v) is 4.86. The van der Waals surface area contributed by atoms with Gasteiger partial charge in [0.2, 0.25) is 0 Å². The van der Waals surface area contributed by atoms with Gasteiger partial charge in [0.1, 0.15) is 11.5 Å². The van der Waals surface area contributed by atoms with Crippen LogP contribution in [0.4, 0.5) is 0 Å². The lowest BCUT2D eigenvalue weighted by molar-refractivity contribution is 0.318. The average Bonchev–Trinajstić information content (AvgIpc) is 2.48. The molecule has 0 atom stereocenters. The van der Waals surface area contributed by atoms with Crippen LogP contribution in [-0.2, 0) is 6.42 Å². The Bertz CT molecular complexity index is 687. The van der Waals surface area contributed by atoms with Crippen LogP contribution in [0.15, 0.2) is 35.5 Å². The summed E-state index contributed by atoms with van der Waals surface area (Å²) in [6.07, 6.45) is 0.733. The van der Waals surface area contributed by atoms with Crippen LogP contribution < -0.4 is 10.5 Å². The maximum atomic E-state index is 8.88. The predicted octanol–water partition coefficient (Wildman–Crippen LogP) is 3.49. The topological polar surface area (TPSA) is 80.7 Å². The minimum absolute atomic E-state index is 0.103. The van der Waals surface area contributed by atoms with Gasteiger partial charge in [0, 0.05) is 5.69 Å². The van der Waals surface area contributed by atoms with Gasteiger partial charge in [-0.3, -0.25) is 4.98 Å². The van der Waals surface area contributed by atoms with Gasteiger partial charge in [-0.25, -0.2) is 0 Å². The highest BCUT2D eigenvalue weighted by atomic mass is 35.5. The summed E-state index contributed by atoms with van der Waals surface area (Å²) in [4.78, 5) is 4.44. The van der Waals surface area contributed by atoms with E-state index in [1.165, 1.54) is 0 Å². The number of aryl methyl sites for hydroxylation is 2. The molecular formula is C15H16ClN3O2. The fourth-order valence-electron chi connectivity index (χ4n) is 1.95. The molecule has 0 saturated carbocycles. The van der Waals surface area contributed by atoms with E-state index in [1.54, 1.807) is 18.2 Å². The van der Waals surface area contributed by atoms with Crippen LogP contribution in [0.3, 0.4) is 0 Å². The molecule has 0 saturated heterocycles. The average molecular weight is 306 g/mol. The van der Waals surface area contributed by atoms with E-state index in [0.717, 1.165) is 17.8 Å². The maximum absolute atomic E-state index is 8.88. The van der Waals surface area contributed by atoms with Gasteiger partial charge in [-0.1, -0.05) is 29.7 Å². The Hall–Kier alpha value is -2.27. The molecule has 110 valence electrons. The molecule has 1 aromatic carbocycles. The van der Waals surface area contributed by atoms with Crippen molar-refractivity contribution in [1.82, 2.24) is 4.98 Å². The van der Waals surface area contributed by atoms with Crippen LogP contribution in [0.1, 0.15) is 23.9 Å². The van der Waals surface area contributed by atoms with E-state index in [9.17, 15) is 0 Å². The molecule has 0 aliphatic rings. The Morgan fingerprint density at radius 3 is 2.76 bits per heavy atom. The molecule has 1 aromatic heterocycles. The number of amidine groups is 1. The van der Waals surface area contributed by atoms with Crippen molar-refractivity contribution in [3.8, 4) is 11.5 Å². The minimum Gasteiger partial charge on any atom is -0.455 e. The SMILES string of the molecule is CCc1nc(C)ccc1Oc1cccc(Cl)c1/C(N)=N/O. The first-order valence-electron chi connectivity index (χ1n) is 6.47. The van der Waals surface area contributed by atoms with Crippen molar-refractivity contribution in [1.29, 1.82) is 0 Å². The first kappa shape index (κ1) is 15.1. The summed E-state index contributed by atoms with van der Waals surface area (Å²) in [5.41, 5.74) is 7.77. The Labute approximate surface area is 128 Å². The van der Waals surface area contributed by atoms with Crippen LogP contribution >= 0.6 is 11.6 Å². The third kappa shape index (κ3) is 3.25. The zero-order valence-electron chi connectivity index (χ0n) is 11.8. The molecule has 0 aliphatic heterocycles. The Balaban J connectivity index is 2.48. The Morgan fingerprint density at radius 1 is 1.33 bits per heavy atom. The van der Waals surface area contributed by atoms with Gasteiger partial charge in [0.15, 0.2) is 5.84 Å². The second kappa shape index (κ2) is 6.45. The van der Waals surface area contributed by atoms with E-state index >= 15 is 0 Å². The summed E-state index contributed by atoms with van der Waals surface area (Å²) in [5.74, 6) is 0.934. The number of nitrogens with two attached hydrogens (primary N) is 1. The fraction of sp³-hybridized carbons (Fsp3) is 0.200. The lowest BCUT2D eigenvalue weighted by atomic mass is 10.1. The number of ether oxygens (including phenoxy) is 1. The van der Waals surface area contributed by atoms with Crippen molar-refractivity contribution >= 4 is 17.4 Å². The molecule has 0 radical (unpaired) electrons.